The second-order valence-corrected chi connectivity index (χ2v) is 4.35. The third kappa shape index (κ3) is 2.78. The zero-order valence-corrected chi connectivity index (χ0v) is 10.4. The first-order valence-electron chi connectivity index (χ1n) is 5.22. The van der Waals surface area contributed by atoms with Crippen molar-refractivity contribution in [3.8, 4) is 11.1 Å². The van der Waals surface area contributed by atoms with Gasteiger partial charge in [0.05, 0.1) is 11.1 Å². The normalized spacial score (nSPS) is 11.6. The van der Waals surface area contributed by atoms with E-state index in [-0.39, 0.29) is 10.7 Å². The maximum Gasteiger partial charge on any atom is 0.416 e. The van der Waals surface area contributed by atoms with Crippen LogP contribution < -0.4 is 5.56 Å². The van der Waals surface area contributed by atoms with E-state index in [0.717, 1.165) is 12.1 Å². The molecular weight excluding hydrogens is 281 g/mol. The summed E-state index contributed by atoms with van der Waals surface area (Å²) in [6.45, 7) is 1.50. The molecular formula is C12H8ClF3N2O. The van der Waals surface area contributed by atoms with Crippen molar-refractivity contribution in [1.82, 2.24) is 10.2 Å². The number of H-pyrrole nitrogens is 1. The molecule has 0 saturated carbocycles. The van der Waals surface area contributed by atoms with Crippen molar-refractivity contribution >= 4 is 11.6 Å². The molecule has 0 radical (unpaired) electrons. The van der Waals surface area contributed by atoms with Gasteiger partial charge in [-0.3, -0.25) is 4.79 Å². The van der Waals surface area contributed by atoms with Crippen molar-refractivity contribution in [3.05, 3.63) is 50.9 Å². The van der Waals surface area contributed by atoms with Gasteiger partial charge in [0, 0.05) is 0 Å². The van der Waals surface area contributed by atoms with Gasteiger partial charge in [-0.1, -0.05) is 17.7 Å². The monoisotopic (exact) mass is 288 g/mol. The summed E-state index contributed by atoms with van der Waals surface area (Å²) >= 11 is 5.66. The van der Waals surface area contributed by atoms with Crippen LogP contribution in [0.2, 0.25) is 5.15 Å². The van der Waals surface area contributed by atoms with Crippen LogP contribution in [0.15, 0.2) is 29.1 Å². The van der Waals surface area contributed by atoms with Crippen LogP contribution in [0.4, 0.5) is 13.2 Å². The predicted octanol–water partition coefficient (Wildman–Crippen LogP) is 3.42. The first-order chi connectivity index (χ1) is 8.79. The van der Waals surface area contributed by atoms with Gasteiger partial charge in [-0.05, 0) is 36.2 Å². The van der Waals surface area contributed by atoms with Gasteiger partial charge in [0.2, 0.25) is 0 Å². The number of alkyl halides is 3. The van der Waals surface area contributed by atoms with Gasteiger partial charge < -0.3 is 0 Å². The molecule has 0 unspecified atom stereocenters. The summed E-state index contributed by atoms with van der Waals surface area (Å²) in [4.78, 5) is 11.6. The molecule has 0 bridgehead atoms. The van der Waals surface area contributed by atoms with E-state index in [2.05, 4.69) is 10.2 Å². The summed E-state index contributed by atoms with van der Waals surface area (Å²) in [6, 6.07) is 4.48. The molecule has 1 N–H and O–H groups in total. The SMILES string of the molecule is Cc1cc(C(F)(F)F)ccc1-c1cc(Cl)n[nH]c1=O. The van der Waals surface area contributed by atoms with Gasteiger partial charge in [-0.2, -0.15) is 18.3 Å². The Kier molecular flexibility index (Phi) is 3.36. The number of nitrogens with zero attached hydrogens (tertiary/aromatic N) is 1. The van der Waals surface area contributed by atoms with E-state index in [1.807, 2.05) is 0 Å². The molecule has 0 aliphatic rings. The average molecular weight is 289 g/mol. The van der Waals surface area contributed by atoms with E-state index in [1.54, 1.807) is 0 Å². The maximum atomic E-state index is 12.5. The van der Waals surface area contributed by atoms with Crippen LogP contribution in [0.1, 0.15) is 11.1 Å². The predicted molar refractivity (Wildman–Crippen MR) is 65.0 cm³/mol. The zero-order chi connectivity index (χ0) is 14.2. The van der Waals surface area contributed by atoms with Gasteiger partial charge in [0.25, 0.3) is 5.56 Å². The lowest BCUT2D eigenvalue weighted by Crippen LogP contribution is -2.12. The van der Waals surface area contributed by atoms with Crippen LogP contribution in [0.5, 0.6) is 0 Å². The minimum Gasteiger partial charge on any atom is -0.267 e. The topological polar surface area (TPSA) is 45.8 Å². The summed E-state index contributed by atoms with van der Waals surface area (Å²) in [5.74, 6) is 0. The Hall–Kier alpha value is -1.82. The lowest BCUT2D eigenvalue weighted by molar-refractivity contribution is -0.137. The van der Waals surface area contributed by atoms with Crippen LogP contribution in [0, 0.1) is 6.92 Å². The van der Waals surface area contributed by atoms with Crippen LogP contribution in [-0.4, -0.2) is 10.2 Å². The number of aromatic amines is 1. The first kappa shape index (κ1) is 13.6. The largest absolute Gasteiger partial charge is 0.416 e. The lowest BCUT2D eigenvalue weighted by atomic mass is 10.00. The van der Waals surface area contributed by atoms with Crippen molar-refractivity contribution < 1.29 is 13.2 Å². The molecule has 1 aromatic heterocycles. The van der Waals surface area contributed by atoms with Gasteiger partial charge in [-0.25, -0.2) is 5.10 Å². The second kappa shape index (κ2) is 4.70. The number of nitrogens with one attached hydrogen (secondary N) is 1. The first-order valence-corrected chi connectivity index (χ1v) is 5.60. The minimum atomic E-state index is -4.41. The summed E-state index contributed by atoms with van der Waals surface area (Å²) in [7, 11) is 0. The molecule has 1 heterocycles. The maximum absolute atomic E-state index is 12.5. The highest BCUT2D eigenvalue weighted by Crippen LogP contribution is 2.32. The Morgan fingerprint density at radius 1 is 1.21 bits per heavy atom. The standard InChI is InChI=1S/C12H8ClF3N2O/c1-6-4-7(12(14,15)16)2-3-8(6)9-5-10(13)17-18-11(9)19/h2-5H,1H3,(H,18,19). The summed E-state index contributed by atoms with van der Waals surface area (Å²) in [5.41, 5.74) is -0.357. The Morgan fingerprint density at radius 2 is 1.89 bits per heavy atom. The average Bonchev–Trinajstić information content (AvgIpc) is 2.31. The van der Waals surface area contributed by atoms with E-state index in [4.69, 9.17) is 11.6 Å². The minimum absolute atomic E-state index is 0.0638. The number of rotatable bonds is 1. The van der Waals surface area contributed by atoms with Crippen molar-refractivity contribution in [2.75, 3.05) is 0 Å². The molecule has 0 aliphatic heterocycles. The Labute approximate surface area is 111 Å². The molecule has 19 heavy (non-hydrogen) atoms. The molecule has 0 atom stereocenters. The van der Waals surface area contributed by atoms with Crippen LogP contribution in [-0.2, 0) is 6.18 Å². The molecule has 0 saturated heterocycles. The third-order valence-corrected chi connectivity index (χ3v) is 2.81. The number of aromatic nitrogens is 2. The van der Waals surface area contributed by atoms with Crippen molar-refractivity contribution in [2.24, 2.45) is 0 Å². The molecule has 2 rings (SSSR count). The number of aryl methyl sites for hydroxylation is 1. The highest BCUT2D eigenvalue weighted by molar-refractivity contribution is 6.29. The number of hydrogen-bond acceptors (Lipinski definition) is 2. The summed E-state index contributed by atoms with van der Waals surface area (Å²) in [5, 5.41) is 5.74. The van der Waals surface area contributed by atoms with Crippen LogP contribution in [0.3, 0.4) is 0 Å². The number of benzene rings is 1. The molecule has 2 aromatic rings. The molecule has 0 aliphatic carbocycles. The Bertz CT molecular complexity index is 679. The van der Waals surface area contributed by atoms with E-state index in [9.17, 15) is 18.0 Å². The third-order valence-electron chi connectivity index (χ3n) is 2.62. The highest BCUT2D eigenvalue weighted by Gasteiger charge is 2.30. The summed E-state index contributed by atoms with van der Waals surface area (Å²) < 4.78 is 37.6. The molecule has 0 fully saturated rings. The summed E-state index contributed by atoms with van der Waals surface area (Å²) in [6.07, 6.45) is -4.41. The quantitative estimate of drug-likeness (QED) is 0.874. The van der Waals surface area contributed by atoms with Gasteiger partial charge in [0.15, 0.2) is 0 Å². The molecule has 1 aromatic carbocycles. The van der Waals surface area contributed by atoms with E-state index < -0.39 is 17.3 Å². The molecule has 100 valence electrons. The van der Waals surface area contributed by atoms with Gasteiger partial charge in [-0.15, -0.1) is 0 Å². The van der Waals surface area contributed by atoms with Crippen molar-refractivity contribution in [3.63, 3.8) is 0 Å². The fourth-order valence-corrected chi connectivity index (χ4v) is 1.87. The Morgan fingerprint density at radius 3 is 2.47 bits per heavy atom. The van der Waals surface area contributed by atoms with Gasteiger partial charge >= 0.3 is 6.18 Å². The molecule has 0 amide bonds. The van der Waals surface area contributed by atoms with E-state index in [1.165, 1.54) is 19.1 Å². The van der Waals surface area contributed by atoms with E-state index in [0.29, 0.717) is 11.1 Å². The number of hydrogen-bond donors (Lipinski definition) is 1. The fraction of sp³-hybridized carbons (Fsp3) is 0.167. The van der Waals surface area contributed by atoms with Crippen LogP contribution in [0.25, 0.3) is 11.1 Å². The zero-order valence-electron chi connectivity index (χ0n) is 9.68. The lowest BCUT2D eigenvalue weighted by Gasteiger charge is -2.10. The second-order valence-electron chi connectivity index (χ2n) is 3.96. The Balaban J connectivity index is 2.59. The van der Waals surface area contributed by atoms with Gasteiger partial charge in [0.1, 0.15) is 5.15 Å². The molecule has 0 spiro atoms. The molecule has 7 heteroatoms. The van der Waals surface area contributed by atoms with E-state index >= 15 is 0 Å². The number of halogens is 4. The van der Waals surface area contributed by atoms with Crippen molar-refractivity contribution in [1.29, 1.82) is 0 Å². The molecule has 3 nitrogen and oxygen atoms in total. The fourth-order valence-electron chi connectivity index (χ4n) is 1.72. The smallest absolute Gasteiger partial charge is 0.267 e. The van der Waals surface area contributed by atoms with Crippen LogP contribution >= 0.6 is 11.6 Å². The highest BCUT2D eigenvalue weighted by atomic mass is 35.5. The van der Waals surface area contributed by atoms with Crippen molar-refractivity contribution in [2.45, 2.75) is 13.1 Å².